The van der Waals surface area contributed by atoms with E-state index in [0.29, 0.717) is 25.6 Å². The summed E-state index contributed by atoms with van der Waals surface area (Å²) < 4.78 is 10.7. The van der Waals surface area contributed by atoms with Crippen LogP contribution in [-0.4, -0.2) is 25.2 Å². The van der Waals surface area contributed by atoms with E-state index in [1.54, 1.807) is 0 Å². The first kappa shape index (κ1) is 31.9. The minimum atomic E-state index is -0.0183. The molecule has 0 saturated heterocycles. The quantitative estimate of drug-likeness (QED) is 0.105. The molecule has 0 aromatic carbocycles. The highest BCUT2D eigenvalue weighted by molar-refractivity contribution is 5.72. The van der Waals surface area contributed by atoms with Gasteiger partial charge in [-0.2, -0.15) is 0 Å². The minimum Gasteiger partial charge on any atom is -0.466 e. The zero-order valence-corrected chi connectivity index (χ0v) is 22.6. The van der Waals surface area contributed by atoms with Gasteiger partial charge in [-0.15, -0.1) is 0 Å². The van der Waals surface area contributed by atoms with E-state index in [2.05, 4.69) is 20.8 Å². The molecule has 196 valence electrons. The predicted molar refractivity (Wildman–Crippen MR) is 139 cm³/mol. The van der Waals surface area contributed by atoms with Crippen LogP contribution in [0.2, 0.25) is 0 Å². The van der Waals surface area contributed by atoms with Crippen molar-refractivity contribution in [1.29, 1.82) is 0 Å². The Labute approximate surface area is 206 Å². The van der Waals surface area contributed by atoms with Crippen molar-refractivity contribution in [1.82, 2.24) is 0 Å². The molecule has 0 aliphatic carbocycles. The summed E-state index contributed by atoms with van der Waals surface area (Å²) in [5.74, 6) is 0.375. The van der Waals surface area contributed by atoms with Crippen molar-refractivity contribution in [2.45, 2.75) is 150 Å². The zero-order valence-electron chi connectivity index (χ0n) is 22.6. The largest absolute Gasteiger partial charge is 0.466 e. The van der Waals surface area contributed by atoms with Gasteiger partial charge in [0.05, 0.1) is 19.1 Å². The van der Waals surface area contributed by atoms with Crippen molar-refractivity contribution in [2.75, 3.05) is 13.2 Å². The van der Waals surface area contributed by atoms with Crippen LogP contribution >= 0.6 is 0 Å². The Kier molecular flexibility index (Phi) is 23.3. The van der Waals surface area contributed by atoms with E-state index in [9.17, 15) is 9.59 Å². The molecule has 2 atom stereocenters. The van der Waals surface area contributed by atoms with Gasteiger partial charge >= 0.3 is 11.9 Å². The van der Waals surface area contributed by atoms with Crippen molar-refractivity contribution in [2.24, 2.45) is 11.8 Å². The van der Waals surface area contributed by atoms with Crippen LogP contribution in [0.15, 0.2) is 0 Å². The smallest absolute Gasteiger partial charge is 0.308 e. The summed E-state index contributed by atoms with van der Waals surface area (Å²) in [6.45, 7) is 9.76. The minimum absolute atomic E-state index is 0.00881. The third-order valence-corrected chi connectivity index (χ3v) is 6.77. The molecule has 0 rings (SSSR count). The second kappa shape index (κ2) is 24.1. The second-order valence-corrected chi connectivity index (χ2v) is 10.00. The van der Waals surface area contributed by atoms with E-state index in [1.165, 1.54) is 70.6 Å². The molecule has 0 heterocycles. The van der Waals surface area contributed by atoms with Gasteiger partial charge in [0.25, 0.3) is 0 Å². The van der Waals surface area contributed by atoms with Gasteiger partial charge in [0, 0.05) is 6.42 Å². The van der Waals surface area contributed by atoms with Gasteiger partial charge in [-0.25, -0.2) is 0 Å². The van der Waals surface area contributed by atoms with E-state index in [-0.39, 0.29) is 17.9 Å². The fourth-order valence-corrected chi connectivity index (χ4v) is 4.08. The van der Waals surface area contributed by atoms with Crippen LogP contribution in [0.25, 0.3) is 0 Å². The van der Waals surface area contributed by atoms with E-state index >= 15 is 0 Å². The van der Waals surface area contributed by atoms with Crippen molar-refractivity contribution >= 4 is 11.9 Å². The van der Waals surface area contributed by atoms with E-state index in [0.717, 1.165) is 44.9 Å². The van der Waals surface area contributed by atoms with Crippen LogP contribution in [0.5, 0.6) is 0 Å². The Morgan fingerprint density at radius 3 is 1.58 bits per heavy atom. The monoisotopic (exact) mass is 468 g/mol. The van der Waals surface area contributed by atoms with Crippen LogP contribution in [0, 0.1) is 11.8 Å². The molecule has 2 unspecified atom stereocenters. The molecule has 0 bridgehead atoms. The van der Waals surface area contributed by atoms with Crippen LogP contribution in [0.1, 0.15) is 150 Å². The number of hydrogen-bond donors (Lipinski definition) is 0. The van der Waals surface area contributed by atoms with Gasteiger partial charge in [-0.3, -0.25) is 9.59 Å². The Morgan fingerprint density at radius 1 is 0.576 bits per heavy atom. The first-order valence-corrected chi connectivity index (χ1v) is 14.3. The normalized spacial score (nSPS) is 13.0. The van der Waals surface area contributed by atoms with Crippen LogP contribution in [0.3, 0.4) is 0 Å². The van der Waals surface area contributed by atoms with E-state index < -0.39 is 0 Å². The molecule has 4 heteroatoms. The second-order valence-electron chi connectivity index (χ2n) is 10.00. The van der Waals surface area contributed by atoms with E-state index in [1.807, 2.05) is 6.92 Å². The maximum Gasteiger partial charge on any atom is 0.308 e. The highest BCUT2D eigenvalue weighted by atomic mass is 16.5. The highest BCUT2D eigenvalue weighted by Gasteiger charge is 2.21. The van der Waals surface area contributed by atoms with Crippen LogP contribution in [-0.2, 0) is 19.1 Å². The Balaban J connectivity index is 3.45. The van der Waals surface area contributed by atoms with Gasteiger partial charge in [-0.1, -0.05) is 118 Å². The number of rotatable bonds is 24. The number of ether oxygens (including phenoxy) is 2. The summed E-state index contributed by atoms with van der Waals surface area (Å²) >= 11 is 0. The third-order valence-electron chi connectivity index (χ3n) is 6.77. The number of carbonyl (C=O) groups excluding carboxylic acids is 2. The summed E-state index contributed by atoms with van der Waals surface area (Å²) in [6, 6.07) is 0. The zero-order chi connectivity index (χ0) is 24.6. The first-order valence-electron chi connectivity index (χ1n) is 14.3. The van der Waals surface area contributed by atoms with Gasteiger partial charge in [0.15, 0.2) is 0 Å². The Morgan fingerprint density at radius 2 is 1.03 bits per heavy atom. The standard InChI is InChI=1S/C29H56O4/c1-5-7-9-20-24-32-28(30)23-19-17-15-13-11-12-14-16-18-22-26(3)27(4)29(31)33-25-21-10-8-6-2/h26-27H,5-25H2,1-4H3. The summed E-state index contributed by atoms with van der Waals surface area (Å²) in [4.78, 5) is 23.8. The molecule has 0 aliphatic rings. The molecule has 0 aromatic rings. The van der Waals surface area contributed by atoms with Gasteiger partial charge in [0.2, 0.25) is 0 Å². The maximum atomic E-state index is 12.2. The number of esters is 2. The summed E-state index contributed by atoms with van der Waals surface area (Å²) in [5, 5.41) is 0. The lowest BCUT2D eigenvalue weighted by Crippen LogP contribution is -2.22. The summed E-state index contributed by atoms with van der Waals surface area (Å²) in [5.41, 5.74) is 0. The van der Waals surface area contributed by atoms with Gasteiger partial charge in [-0.05, 0) is 31.6 Å². The SMILES string of the molecule is CCCCCCOC(=O)CCCCCCCCCCCC(C)C(C)C(=O)OCCCCCC. The molecule has 0 spiro atoms. The number of carbonyl (C=O) groups is 2. The lowest BCUT2D eigenvalue weighted by atomic mass is 9.90. The predicted octanol–water partition coefficient (Wildman–Crippen LogP) is 8.80. The van der Waals surface area contributed by atoms with Gasteiger partial charge < -0.3 is 9.47 Å². The maximum absolute atomic E-state index is 12.2. The molecule has 4 nitrogen and oxygen atoms in total. The highest BCUT2D eigenvalue weighted by Crippen LogP contribution is 2.21. The van der Waals surface area contributed by atoms with Crippen molar-refractivity contribution in [3.8, 4) is 0 Å². The average Bonchev–Trinajstić information content (AvgIpc) is 2.81. The molecule has 0 N–H and O–H groups in total. The average molecular weight is 469 g/mol. The van der Waals surface area contributed by atoms with Crippen LogP contribution in [0.4, 0.5) is 0 Å². The fourth-order valence-electron chi connectivity index (χ4n) is 4.08. The molecule has 0 aromatic heterocycles. The molecular weight excluding hydrogens is 412 g/mol. The first-order chi connectivity index (χ1) is 16.0. The molecular formula is C29H56O4. The number of unbranched alkanes of at least 4 members (excludes halogenated alkanes) is 14. The molecule has 0 radical (unpaired) electrons. The molecule has 0 aliphatic heterocycles. The molecule has 0 amide bonds. The Hall–Kier alpha value is -1.06. The third kappa shape index (κ3) is 21.2. The lowest BCUT2D eigenvalue weighted by Gasteiger charge is -2.18. The van der Waals surface area contributed by atoms with Crippen molar-refractivity contribution < 1.29 is 19.1 Å². The van der Waals surface area contributed by atoms with Crippen molar-refractivity contribution in [3.05, 3.63) is 0 Å². The Bertz CT molecular complexity index is 449. The summed E-state index contributed by atoms with van der Waals surface area (Å²) in [7, 11) is 0. The molecule has 0 saturated carbocycles. The fraction of sp³-hybridized carbons (Fsp3) is 0.931. The molecule has 0 fully saturated rings. The number of hydrogen-bond acceptors (Lipinski definition) is 4. The van der Waals surface area contributed by atoms with E-state index in [4.69, 9.17) is 9.47 Å². The summed E-state index contributed by atoms with van der Waals surface area (Å²) in [6.07, 6.45) is 21.8. The van der Waals surface area contributed by atoms with Crippen LogP contribution < -0.4 is 0 Å². The van der Waals surface area contributed by atoms with Crippen molar-refractivity contribution in [3.63, 3.8) is 0 Å². The topological polar surface area (TPSA) is 52.6 Å². The molecule has 33 heavy (non-hydrogen) atoms. The lowest BCUT2D eigenvalue weighted by molar-refractivity contribution is -0.150. The van der Waals surface area contributed by atoms with Gasteiger partial charge in [0.1, 0.15) is 0 Å².